The molecule has 0 aliphatic carbocycles. The first-order valence-electron chi connectivity index (χ1n) is 4.32. The summed E-state index contributed by atoms with van der Waals surface area (Å²) in [5.41, 5.74) is 0. The predicted octanol–water partition coefficient (Wildman–Crippen LogP) is 3.01. The lowest BCUT2D eigenvalue weighted by Crippen LogP contribution is -2.00. The average molecular weight is 259 g/mol. The Bertz CT molecular complexity index is 328. The van der Waals surface area contributed by atoms with Crippen LogP contribution in [0.25, 0.3) is 6.08 Å². The lowest BCUT2D eigenvalue weighted by molar-refractivity contribution is -0.137. The number of hydrogen-bond acceptors (Lipinski definition) is 3. The fourth-order valence-corrected chi connectivity index (χ4v) is 1.14. The van der Waals surface area contributed by atoms with Crippen molar-refractivity contribution in [3.8, 4) is 0 Å². The predicted molar refractivity (Wildman–Crippen MR) is 56.7 cm³/mol. The third-order valence-electron chi connectivity index (χ3n) is 1.43. The number of esters is 1. The van der Waals surface area contributed by atoms with E-state index in [-0.39, 0.29) is 5.97 Å². The van der Waals surface area contributed by atoms with Crippen LogP contribution in [0.15, 0.2) is 27.3 Å². The van der Waals surface area contributed by atoms with Gasteiger partial charge in [0.2, 0.25) is 0 Å². The van der Waals surface area contributed by atoms with E-state index in [1.165, 1.54) is 6.08 Å². The molecule has 0 amide bonds. The van der Waals surface area contributed by atoms with Gasteiger partial charge in [-0.05, 0) is 40.6 Å². The van der Waals surface area contributed by atoms with Crippen LogP contribution >= 0.6 is 15.9 Å². The van der Waals surface area contributed by atoms with E-state index < -0.39 is 0 Å². The van der Waals surface area contributed by atoms with Gasteiger partial charge in [-0.2, -0.15) is 0 Å². The zero-order valence-electron chi connectivity index (χ0n) is 7.83. The summed E-state index contributed by atoms with van der Waals surface area (Å²) in [4.78, 5) is 11.0. The van der Waals surface area contributed by atoms with E-state index >= 15 is 0 Å². The number of halogens is 1. The second-order valence-corrected chi connectivity index (χ2v) is 3.42. The van der Waals surface area contributed by atoms with Gasteiger partial charge in [0.15, 0.2) is 4.67 Å². The second kappa shape index (κ2) is 5.65. The summed E-state index contributed by atoms with van der Waals surface area (Å²) in [7, 11) is 0. The van der Waals surface area contributed by atoms with Gasteiger partial charge in [0, 0.05) is 6.08 Å². The number of carbonyl (C=O) groups excluding carboxylic acids is 1. The highest BCUT2D eigenvalue weighted by atomic mass is 79.9. The molecule has 0 unspecified atom stereocenters. The molecule has 0 spiro atoms. The number of ether oxygens (including phenoxy) is 1. The van der Waals surface area contributed by atoms with E-state index in [1.807, 2.05) is 6.92 Å². The van der Waals surface area contributed by atoms with Crippen molar-refractivity contribution in [2.75, 3.05) is 6.61 Å². The SMILES string of the molecule is CCCOC(=O)C=Cc1ccc(Br)o1. The monoisotopic (exact) mass is 258 g/mol. The fourth-order valence-electron chi connectivity index (χ4n) is 0.819. The summed E-state index contributed by atoms with van der Waals surface area (Å²) in [6, 6.07) is 3.52. The number of carbonyl (C=O) groups is 1. The molecular weight excluding hydrogens is 248 g/mol. The van der Waals surface area contributed by atoms with Crippen molar-refractivity contribution in [3.05, 3.63) is 28.6 Å². The minimum Gasteiger partial charge on any atom is -0.463 e. The minimum absolute atomic E-state index is 0.348. The molecule has 0 fully saturated rings. The second-order valence-electron chi connectivity index (χ2n) is 2.64. The van der Waals surface area contributed by atoms with E-state index in [2.05, 4.69) is 15.9 Å². The van der Waals surface area contributed by atoms with Gasteiger partial charge >= 0.3 is 5.97 Å². The molecular formula is C10H11BrO3. The molecule has 0 N–H and O–H groups in total. The van der Waals surface area contributed by atoms with Crippen LogP contribution in [0.1, 0.15) is 19.1 Å². The van der Waals surface area contributed by atoms with Crippen molar-refractivity contribution in [2.24, 2.45) is 0 Å². The van der Waals surface area contributed by atoms with E-state index in [4.69, 9.17) is 9.15 Å². The summed E-state index contributed by atoms with van der Waals surface area (Å²) in [6.07, 6.45) is 3.75. The molecule has 4 heteroatoms. The molecule has 0 aromatic carbocycles. The Morgan fingerprint density at radius 3 is 3.00 bits per heavy atom. The van der Waals surface area contributed by atoms with Crippen LogP contribution < -0.4 is 0 Å². The van der Waals surface area contributed by atoms with Crippen molar-refractivity contribution in [3.63, 3.8) is 0 Å². The Labute approximate surface area is 90.9 Å². The normalized spacial score (nSPS) is 10.7. The highest BCUT2D eigenvalue weighted by Crippen LogP contribution is 2.14. The molecule has 76 valence electrons. The minimum atomic E-state index is -0.348. The van der Waals surface area contributed by atoms with Crippen LogP contribution in [-0.4, -0.2) is 12.6 Å². The van der Waals surface area contributed by atoms with Crippen LogP contribution in [0.3, 0.4) is 0 Å². The maximum atomic E-state index is 11.0. The lowest BCUT2D eigenvalue weighted by Gasteiger charge is -1.96. The first-order chi connectivity index (χ1) is 6.72. The molecule has 0 aliphatic rings. The number of furan rings is 1. The first kappa shape index (κ1) is 11.0. The van der Waals surface area contributed by atoms with E-state index in [0.29, 0.717) is 17.0 Å². The fraction of sp³-hybridized carbons (Fsp3) is 0.300. The topological polar surface area (TPSA) is 39.4 Å². The molecule has 0 aliphatic heterocycles. The van der Waals surface area contributed by atoms with Gasteiger partial charge < -0.3 is 9.15 Å². The maximum absolute atomic E-state index is 11.0. The summed E-state index contributed by atoms with van der Waals surface area (Å²) >= 11 is 3.16. The van der Waals surface area contributed by atoms with Crippen LogP contribution in [0.5, 0.6) is 0 Å². The zero-order valence-corrected chi connectivity index (χ0v) is 9.41. The van der Waals surface area contributed by atoms with E-state index in [0.717, 1.165) is 6.42 Å². The van der Waals surface area contributed by atoms with Gasteiger partial charge in [0.1, 0.15) is 5.76 Å². The van der Waals surface area contributed by atoms with Crippen LogP contribution in [-0.2, 0) is 9.53 Å². The highest BCUT2D eigenvalue weighted by Gasteiger charge is 1.97. The summed E-state index contributed by atoms with van der Waals surface area (Å²) < 4.78 is 10.6. The Hall–Kier alpha value is -1.03. The molecule has 1 aromatic heterocycles. The van der Waals surface area contributed by atoms with Crippen molar-refractivity contribution in [2.45, 2.75) is 13.3 Å². The van der Waals surface area contributed by atoms with Crippen molar-refractivity contribution >= 4 is 28.0 Å². The van der Waals surface area contributed by atoms with Gasteiger partial charge in [-0.3, -0.25) is 0 Å². The maximum Gasteiger partial charge on any atom is 0.330 e. The molecule has 1 aromatic rings. The average Bonchev–Trinajstić information content (AvgIpc) is 2.58. The molecule has 0 saturated carbocycles. The molecule has 0 bridgehead atoms. The van der Waals surface area contributed by atoms with Gasteiger partial charge in [-0.25, -0.2) is 4.79 Å². The van der Waals surface area contributed by atoms with Crippen LogP contribution in [0, 0.1) is 0 Å². The molecule has 0 atom stereocenters. The third-order valence-corrected chi connectivity index (χ3v) is 1.85. The molecule has 3 nitrogen and oxygen atoms in total. The zero-order chi connectivity index (χ0) is 10.4. The number of rotatable bonds is 4. The van der Waals surface area contributed by atoms with Gasteiger partial charge in [0.05, 0.1) is 6.61 Å². The summed E-state index contributed by atoms with van der Waals surface area (Å²) in [6.45, 7) is 2.39. The Balaban J connectivity index is 2.43. The Morgan fingerprint density at radius 2 is 2.43 bits per heavy atom. The smallest absolute Gasteiger partial charge is 0.330 e. The van der Waals surface area contributed by atoms with Gasteiger partial charge in [0.25, 0.3) is 0 Å². The van der Waals surface area contributed by atoms with Gasteiger partial charge in [-0.15, -0.1) is 0 Å². The van der Waals surface area contributed by atoms with E-state index in [1.54, 1.807) is 18.2 Å². The Morgan fingerprint density at radius 1 is 1.64 bits per heavy atom. The van der Waals surface area contributed by atoms with Crippen LogP contribution in [0.2, 0.25) is 0 Å². The molecule has 1 heterocycles. The Kier molecular flexibility index (Phi) is 4.46. The third kappa shape index (κ3) is 3.79. The highest BCUT2D eigenvalue weighted by molar-refractivity contribution is 9.10. The summed E-state index contributed by atoms with van der Waals surface area (Å²) in [5, 5.41) is 0. The van der Waals surface area contributed by atoms with Crippen molar-refractivity contribution in [1.82, 2.24) is 0 Å². The standard InChI is InChI=1S/C10H11BrO3/c1-2-7-13-10(12)6-4-8-3-5-9(11)14-8/h3-6H,2,7H2,1H3. The first-order valence-corrected chi connectivity index (χ1v) is 5.12. The largest absolute Gasteiger partial charge is 0.463 e. The van der Waals surface area contributed by atoms with Crippen molar-refractivity contribution in [1.29, 1.82) is 0 Å². The van der Waals surface area contributed by atoms with Crippen LogP contribution in [0.4, 0.5) is 0 Å². The van der Waals surface area contributed by atoms with E-state index in [9.17, 15) is 4.79 Å². The molecule has 14 heavy (non-hydrogen) atoms. The van der Waals surface area contributed by atoms with Gasteiger partial charge in [-0.1, -0.05) is 6.92 Å². The van der Waals surface area contributed by atoms with Crippen molar-refractivity contribution < 1.29 is 13.9 Å². The molecule has 0 saturated heterocycles. The molecule has 0 radical (unpaired) electrons. The summed E-state index contributed by atoms with van der Waals surface area (Å²) in [5.74, 6) is 0.268. The number of hydrogen-bond donors (Lipinski definition) is 0. The lowest BCUT2D eigenvalue weighted by atomic mass is 10.4. The molecule has 1 rings (SSSR count). The quantitative estimate of drug-likeness (QED) is 0.616.